The van der Waals surface area contributed by atoms with Gasteiger partial charge in [-0.3, -0.25) is 4.68 Å². The minimum Gasteiger partial charge on any atom is -0.442 e. The lowest BCUT2D eigenvalue weighted by Gasteiger charge is -2.18. The molecule has 20 heavy (non-hydrogen) atoms. The van der Waals surface area contributed by atoms with Gasteiger partial charge in [-0.25, -0.2) is 4.79 Å². The lowest BCUT2D eigenvalue weighted by Crippen LogP contribution is -2.27. The molecule has 0 atom stereocenters. The monoisotopic (exact) mass is 276 g/mol. The minimum atomic E-state index is -0.569. The zero-order valence-corrected chi connectivity index (χ0v) is 11.8. The van der Waals surface area contributed by atoms with Crippen molar-refractivity contribution in [3.63, 3.8) is 0 Å². The summed E-state index contributed by atoms with van der Waals surface area (Å²) in [5.74, 6) is 0. The quantitative estimate of drug-likeness (QED) is 0.789. The van der Waals surface area contributed by atoms with E-state index in [-0.39, 0.29) is 0 Å². The molecule has 0 spiro atoms. The van der Waals surface area contributed by atoms with Crippen molar-refractivity contribution in [3.8, 4) is 0 Å². The van der Waals surface area contributed by atoms with Gasteiger partial charge >= 0.3 is 6.09 Å². The molecule has 0 bridgehead atoms. The Hall–Kier alpha value is -2.51. The van der Waals surface area contributed by atoms with E-state index >= 15 is 0 Å². The Kier molecular flexibility index (Phi) is 3.64. The SMILES string of the molecule is Cn1cc(N=Nc2cnn(C(=O)OC(C)(C)C)c2)cn1. The first-order valence-electron chi connectivity index (χ1n) is 6.02. The Balaban J connectivity index is 2.05. The van der Waals surface area contributed by atoms with Gasteiger partial charge in [0.2, 0.25) is 0 Å². The molecule has 0 aliphatic carbocycles. The third-order valence-electron chi connectivity index (χ3n) is 2.12. The molecule has 2 rings (SSSR count). The van der Waals surface area contributed by atoms with Crippen LogP contribution in [0, 0.1) is 0 Å². The summed E-state index contributed by atoms with van der Waals surface area (Å²) in [7, 11) is 1.79. The molecule has 2 aromatic rings. The van der Waals surface area contributed by atoms with Gasteiger partial charge < -0.3 is 4.74 Å². The molecule has 2 heterocycles. The fourth-order valence-corrected chi connectivity index (χ4v) is 1.35. The average Bonchev–Trinajstić information content (AvgIpc) is 2.93. The number of aromatic nitrogens is 4. The van der Waals surface area contributed by atoms with Crippen LogP contribution in [0.4, 0.5) is 16.2 Å². The van der Waals surface area contributed by atoms with Crippen molar-refractivity contribution in [1.82, 2.24) is 19.6 Å². The van der Waals surface area contributed by atoms with Crippen LogP contribution in [-0.2, 0) is 11.8 Å². The van der Waals surface area contributed by atoms with Crippen LogP contribution < -0.4 is 0 Å². The standard InChI is InChI=1S/C12H16N6O2/c1-12(2,3)20-11(19)18-8-10(6-14-18)16-15-9-5-13-17(4)7-9/h5-8H,1-4H3. The first kappa shape index (κ1) is 13.9. The van der Waals surface area contributed by atoms with Crippen LogP contribution in [0.3, 0.4) is 0 Å². The largest absolute Gasteiger partial charge is 0.442 e. The molecule has 0 amide bonds. The van der Waals surface area contributed by atoms with Gasteiger partial charge in [-0.2, -0.15) is 14.9 Å². The number of aryl methyl sites for hydroxylation is 1. The second kappa shape index (κ2) is 5.24. The van der Waals surface area contributed by atoms with Gasteiger partial charge in [0.25, 0.3) is 0 Å². The first-order chi connectivity index (χ1) is 9.33. The number of ether oxygens (including phenoxy) is 1. The van der Waals surface area contributed by atoms with Crippen LogP contribution in [0.5, 0.6) is 0 Å². The van der Waals surface area contributed by atoms with Crippen molar-refractivity contribution in [1.29, 1.82) is 0 Å². The van der Waals surface area contributed by atoms with Crippen LogP contribution in [0.2, 0.25) is 0 Å². The molecule has 0 saturated heterocycles. The molecule has 0 fully saturated rings. The second-order valence-corrected chi connectivity index (χ2v) is 5.20. The Morgan fingerprint density at radius 1 is 1.15 bits per heavy atom. The summed E-state index contributed by atoms with van der Waals surface area (Å²) in [6.07, 6.45) is 5.64. The van der Waals surface area contributed by atoms with Crippen molar-refractivity contribution in [2.45, 2.75) is 26.4 Å². The maximum atomic E-state index is 11.7. The van der Waals surface area contributed by atoms with Crippen molar-refractivity contribution in [2.24, 2.45) is 17.3 Å². The number of nitrogens with zero attached hydrogens (tertiary/aromatic N) is 6. The number of rotatable bonds is 2. The zero-order chi connectivity index (χ0) is 14.8. The molecule has 0 saturated carbocycles. The number of azo groups is 1. The average molecular weight is 276 g/mol. The topological polar surface area (TPSA) is 86.7 Å². The van der Waals surface area contributed by atoms with Crippen molar-refractivity contribution in [3.05, 3.63) is 24.8 Å². The highest BCUT2D eigenvalue weighted by Crippen LogP contribution is 2.17. The molecular formula is C12H16N6O2. The molecule has 0 radical (unpaired) electrons. The van der Waals surface area contributed by atoms with Crippen LogP contribution in [0.1, 0.15) is 20.8 Å². The molecule has 0 aromatic carbocycles. The van der Waals surface area contributed by atoms with Gasteiger partial charge in [-0.15, -0.1) is 10.2 Å². The lowest BCUT2D eigenvalue weighted by molar-refractivity contribution is 0.0514. The number of carbonyl (C=O) groups is 1. The highest BCUT2D eigenvalue weighted by atomic mass is 16.6. The van der Waals surface area contributed by atoms with E-state index in [1.165, 1.54) is 12.4 Å². The van der Waals surface area contributed by atoms with E-state index in [1.807, 2.05) is 0 Å². The Bertz CT molecular complexity index is 634. The van der Waals surface area contributed by atoms with Crippen molar-refractivity contribution >= 4 is 17.5 Å². The smallest absolute Gasteiger partial charge is 0.435 e. The zero-order valence-electron chi connectivity index (χ0n) is 11.8. The molecule has 0 aliphatic rings. The van der Waals surface area contributed by atoms with Gasteiger partial charge in [-0.1, -0.05) is 0 Å². The van der Waals surface area contributed by atoms with Gasteiger partial charge in [0, 0.05) is 7.05 Å². The second-order valence-electron chi connectivity index (χ2n) is 5.20. The normalized spacial score (nSPS) is 12.0. The third kappa shape index (κ3) is 3.74. The molecule has 106 valence electrons. The van der Waals surface area contributed by atoms with Crippen LogP contribution in [0.25, 0.3) is 0 Å². The van der Waals surface area contributed by atoms with E-state index in [4.69, 9.17) is 4.74 Å². The van der Waals surface area contributed by atoms with E-state index in [9.17, 15) is 4.79 Å². The lowest BCUT2D eigenvalue weighted by atomic mass is 10.2. The summed E-state index contributed by atoms with van der Waals surface area (Å²) in [4.78, 5) is 11.7. The fourth-order valence-electron chi connectivity index (χ4n) is 1.35. The molecular weight excluding hydrogens is 260 g/mol. The molecule has 0 aliphatic heterocycles. The van der Waals surface area contributed by atoms with E-state index in [2.05, 4.69) is 20.4 Å². The van der Waals surface area contributed by atoms with Gasteiger partial charge in [0.1, 0.15) is 17.0 Å². The predicted molar refractivity (Wildman–Crippen MR) is 71.2 cm³/mol. The number of hydrogen-bond donors (Lipinski definition) is 0. The highest BCUT2D eigenvalue weighted by molar-refractivity contribution is 5.70. The van der Waals surface area contributed by atoms with Crippen molar-refractivity contribution in [2.75, 3.05) is 0 Å². The maximum absolute atomic E-state index is 11.7. The van der Waals surface area contributed by atoms with E-state index in [0.29, 0.717) is 11.4 Å². The van der Waals surface area contributed by atoms with Crippen LogP contribution in [0.15, 0.2) is 35.0 Å². The Morgan fingerprint density at radius 3 is 2.30 bits per heavy atom. The summed E-state index contributed by atoms with van der Waals surface area (Å²) < 4.78 is 7.89. The maximum Gasteiger partial charge on any atom is 0.435 e. The highest BCUT2D eigenvalue weighted by Gasteiger charge is 2.18. The van der Waals surface area contributed by atoms with Crippen LogP contribution >= 0.6 is 0 Å². The molecule has 0 unspecified atom stereocenters. The summed E-state index contributed by atoms with van der Waals surface area (Å²) in [5, 5.41) is 15.8. The Labute approximate surface area is 116 Å². The first-order valence-corrected chi connectivity index (χ1v) is 6.02. The van der Waals surface area contributed by atoms with E-state index < -0.39 is 11.7 Å². The number of carbonyl (C=O) groups excluding carboxylic acids is 1. The molecule has 2 aromatic heterocycles. The number of hydrogen-bond acceptors (Lipinski definition) is 6. The van der Waals surface area contributed by atoms with E-state index in [1.54, 1.807) is 44.9 Å². The summed E-state index contributed by atoms with van der Waals surface area (Å²) in [6.45, 7) is 5.37. The predicted octanol–water partition coefficient (Wildman–Crippen LogP) is 2.82. The Morgan fingerprint density at radius 2 is 1.75 bits per heavy atom. The summed E-state index contributed by atoms with van der Waals surface area (Å²) in [6, 6.07) is 0. The van der Waals surface area contributed by atoms with Gasteiger partial charge in [0.15, 0.2) is 0 Å². The molecule has 8 nitrogen and oxygen atoms in total. The molecule has 8 heteroatoms. The minimum absolute atomic E-state index is 0.458. The third-order valence-corrected chi connectivity index (χ3v) is 2.12. The molecule has 0 N–H and O–H groups in total. The van der Waals surface area contributed by atoms with Gasteiger partial charge in [0.05, 0.1) is 24.8 Å². The van der Waals surface area contributed by atoms with Crippen LogP contribution in [-0.4, -0.2) is 31.3 Å². The summed E-state index contributed by atoms with van der Waals surface area (Å²) in [5.41, 5.74) is 0.512. The summed E-state index contributed by atoms with van der Waals surface area (Å²) >= 11 is 0. The van der Waals surface area contributed by atoms with Gasteiger partial charge in [-0.05, 0) is 20.8 Å². The van der Waals surface area contributed by atoms with E-state index in [0.717, 1.165) is 4.68 Å². The van der Waals surface area contributed by atoms with Crippen molar-refractivity contribution < 1.29 is 9.53 Å². The fraction of sp³-hybridized carbons (Fsp3) is 0.417.